The lowest BCUT2D eigenvalue weighted by Crippen LogP contribution is -2.08. The molecule has 5 heteroatoms. The third-order valence-corrected chi connectivity index (χ3v) is 3.70. The quantitative estimate of drug-likeness (QED) is 0.876. The van der Waals surface area contributed by atoms with Crippen LogP contribution in [0.15, 0.2) is 40.9 Å². The van der Waals surface area contributed by atoms with Gasteiger partial charge >= 0.3 is 0 Å². The van der Waals surface area contributed by atoms with Gasteiger partial charge in [-0.05, 0) is 46.6 Å². The summed E-state index contributed by atoms with van der Waals surface area (Å²) in [7, 11) is 1.61. The third-order valence-electron chi connectivity index (χ3n) is 3.08. The average molecular weight is 354 g/mol. The van der Waals surface area contributed by atoms with Crippen LogP contribution >= 0.6 is 15.9 Å². The van der Waals surface area contributed by atoms with E-state index in [1.165, 1.54) is 12.1 Å². The van der Waals surface area contributed by atoms with Gasteiger partial charge in [0.2, 0.25) is 0 Å². The highest BCUT2D eigenvalue weighted by Gasteiger charge is 2.10. The second kappa shape index (κ2) is 6.91. The second-order valence-corrected chi connectivity index (χ2v) is 5.58. The summed E-state index contributed by atoms with van der Waals surface area (Å²) in [6, 6.07) is 9.83. The van der Waals surface area contributed by atoms with Gasteiger partial charge in [0.1, 0.15) is 23.9 Å². The molecule has 112 valence electrons. The first kappa shape index (κ1) is 15.8. The predicted molar refractivity (Wildman–Crippen MR) is 84.0 cm³/mol. The Hall–Kier alpha value is -1.59. The number of hydrogen-bond donors (Lipinski definition) is 1. The first-order valence-corrected chi connectivity index (χ1v) is 7.31. The summed E-state index contributed by atoms with van der Waals surface area (Å²) in [5.74, 6) is 0.878. The molecule has 1 atom stereocenters. The van der Waals surface area contributed by atoms with Crippen molar-refractivity contribution < 1.29 is 13.9 Å². The van der Waals surface area contributed by atoms with E-state index in [4.69, 9.17) is 15.2 Å². The van der Waals surface area contributed by atoms with Gasteiger partial charge in [-0.1, -0.05) is 12.1 Å². The molecule has 2 N–H and O–H groups in total. The minimum atomic E-state index is -0.342. The number of ether oxygens (including phenoxy) is 2. The fourth-order valence-corrected chi connectivity index (χ4v) is 2.56. The zero-order valence-corrected chi connectivity index (χ0v) is 13.5. The number of halogens is 2. The van der Waals surface area contributed by atoms with Crippen LogP contribution in [-0.4, -0.2) is 7.11 Å². The molecule has 0 aliphatic heterocycles. The van der Waals surface area contributed by atoms with E-state index in [1.807, 2.05) is 25.1 Å². The molecule has 0 radical (unpaired) electrons. The van der Waals surface area contributed by atoms with Gasteiger partial charge in [0.15, 0.2) is 0 Å². The Bertz CT molecular complexity index is 632. The molecule has 2 rings (SSSR count). The molecular weight excluding hydrogens is 337 g/mol. The highest BCUT2D eigenvalue weighted by atomic mass is 79.9. The molecule has 21 heavy (non-hydrogen) atoms. The minimum Gasteiger partial charge on any atom is -0.496 e. The summed E-state index contributed by atoms with van der Waals surface area (Å²) >= 11 is 3.42. The summed E-state index contributed by atoms with van der Waals surface area (Å²) in [6.07, 6.45) is 0. The highest BCUT2D eigenvalue weighted by Crippen LogP contribution is 2.28. The lowest BCUT2D eigenvalue weighted by Gasteiger charge is -2.14. The molecule has 2 aromatic carbocycles. The number of methoxy groups -OCH3 is 1. The summed E-state index contributed by atoms with van der Waals surface area (Å²) in [5, 5.41) is 0. The van der Waals surface area contributed by atoms with Gasteiger partial charge in [-0.25, -0.2) is 4.39 Å². The molecule has 0 heterocycles. The molecule has 0 unspecified atom stereocenters. The van der Waals surface area contributed by atoms with Crippen molar-refractivity contribution in [2.75, 3.05) is 7.11 Å². The normalized spacial score (nSPS) is 12.0. The van der Waals surface area contributed by atoms with Crippen molar-refractivity contribution in [2.24, 2.45) is 5.73 Å². The van der Waals surface area contributed by atoms with Crippen molar-refractivity contribution in [3.8, 4) is 11.5 Å². The first-order chi connectivity index (χ1) is 10.0. The molecule has 0 saturated heterocycles. The van der Waals surface area contributed by atoms with Gasteiger partial charge in [-0.2, -0.15) is 0 Å². The highest BCUT2D eigenvalue weighted by molar-refractivity contribution is 9.10. The van der Waals surface area contributed by atoms with Crippen LogP contribution < -0.4 is 15.2 Å². The number of rotatable bonds is 5. The van der Waals surface area contributed by atoms with Crippen molar-refractivity contribution in [3.63, 3.8) is 0 Å². The van der Waals surface area contributed by atoms with E-state index in [9.17, 15) is 4.39 Å². The molecule has 0 aliphatic carbocycles. The maximum absolute atomic E-state index is 13.4. The van der Waals surface area contributed by atoms with Crippen molar-refractivity contribution in [3.05, 3.63) is 57.8 Å². The van der Waals surface area contributed by atoms with Gasteiger partial charge in [-0.15, -0.1) is 0 Å². The van der Waals surface area contributed by atoms with Crippen molar-refractivity contribution in [1.29, 1.82) is 0 Å². The van der Waals surface area contributed by atoms with E-state index in [1.54, 1.807) is 13.2 Å². The minimum absolute atomic E-state index is 0.219. The van der Waals surface area contributed by atoms with E-state index in [-0.39, 0.29) is 11.9 Å². The molecule has 2 aromatic rings. The van der Waals surface area contributed by atoms with E-state index in [0.717, 1.165) is 21.3 Å². The lowest BCUT2D eigenvalue weighted by molar-refractivity contribution is 0.299. The Morgan fingerprint density at radius 2 is 1.95 bits per heavy atom. The summed E-state index contributed by atoms with van der Waals surface area (Å²) in [4.78, 5) is 0. The Morgan fingerprint density at radius 1 is 1.19 bits per heavy atom. The fourth-order valence-electron chi connectivity index (χ4n) is 1.97. The number of hydrogen-bond acceptors (Lipinski definition) is 3. The van der Waals surface area contributed by atoms with Crippen LogP contribution in [0, 0.1) is 5.82 Å². The van der Waals surface area contributed by atoms with E-state index in [0.29, 0.717) is 12.4 Å². The van der Waals surface area contributed by atoms with Crippen LogP contribution in [-0.2, 0) is 6.61 Å². The van der Waals surface area contributed by atoms with Crippen LogP contribution in [0.4, 0.5) is 4.39 Å². The maximum atomic E-state index is 13.4. The van der Waals surface area contributed by atoms with Crippen LogP contribution in [0.5, 0.6) is 11.5 Å². The monoisotopic (exact) mass is 353 g/mol. The van der Waals surface area contributed by atoms with E-state index in [2.05, 4.69) is 15.9 Å². The largest absolute Gasteiger partial charge is 0.496 e. The molecule has 0 saturated carbocycles. The average Bonchev–Trinajstić information content (AvgIpc) is 2.45. The lowest BCUT2D eigenvalue weighted by atomic mass is 10.1. The van der Waals surface area contributed by atoms with Gasteiger partial charge < -0.3 is 15.2 Å². The van der Waals surface area contributed by atoms with Crippen LogP contribution in [0.25, 0.3) is 0 Å². The van der Waals surface area contributed by atoms with Crippen molar-refractivity contribution in [1.82, 2.24) is 0 Å². The maximum Gasteiger partial charge on any atom is 0.133 e. The topological polar surface area (TPSA) is 44.5 Å². The standard InChI is InChI=1S/C16H17BrFNO2/c1-10(19)13-5-4-12(18)8-16(13)21-9-11-3-6-15(20-2)14(17)7-11/h3-8,10H,9,19H2,1-2H3/t10-/m1/s1. The molecule has 3 nitrogen and oxygen atoms in total. The van der Waals surface area contributed by atoms with Gasteiger partial charge in [0.25, 0.3) is 0 Å². The van der Waals surface area contributed by atoms with Crippen LogP contribution in [0.1, 0.15) is 24.1 Å². The van der Waals surface area contributed by atoms with Gasteiger partial charge in [0.05, 0.1) is 11.6 Å². The Kier molecular flexibility index (Phi) is 5.20. The number of nitrogens with two attached hydrogens (primary N) is 1. The smallest absolute Gasteiger partial charge is 0.133 e. The van der Waals surface area contributed by atoms with Crippen molar-refractivity contribution in [2.45, 2.75) is 19.6 Å². The second-order valence-electron chi connectivity index (χ2n) is 4.73. The molecule has 0 aliphatic rings. The Labute approximate surface area is 132 Å². The third kappa shape index (κ3) is 3.95. The molecule has 0 aromatic heterocycles. The summed E-state index contributed by atoms with van der Waals surface area (Å²) < 4.78 is 25.1. The fraction of sp³-hybridized carbons (Fsp3) is 0.250. The van der Waals surface area contributed by atoms with Crippen LogP contribution in [0.2, 0.25) is 0 Å². The molecule has 0 fully saturated rings. The zero-order chi connectivity index (χ0) is 15.4. The van der Waals surface area contributed by atoms with Gasteiger partial charge in [-0.3, -0.25) is 0 Å². The Balaban J connectivity index is 2.16. The van der Waals surface area contributed by atoms with Gasteiger partial charge in [0, 0.05) is 17.7 Å². The molecule has 0 bridgehead atoms. The van der Waals surface area contributed by atoms with E-state index >= 15 is 0 Å². The Morgan fingerprint density at radius 3 is 2.57 bits per heavy atom. The molecule has 0 amide bonds. The SMILES string of the molecule is COc1ccc(COc2cc(F)ccc2[C@@H](C)N)cc1Br. The zero-order valence-electron chi connectivity index (χ0n) is 11.9. The molecule has 0 spiro atoms. The molecular formula is C16H17BrFNO2. The van der Waals surface area contributed by atoms with Crippen LogP contribution in [0.3, 0.4) is 0 Å². The number of benzene rings is 2. The van der Waals surface area contributed by atoms with Crippen molar-refractivity contribution >= 4 is 15.9 Å². The summed E-state index contributed by atoms with van der Waals surface area (Å²) in [6.45, 7) is 2.16. The van der Waals surface area contributed by atoms with E-state index < -0.39 is 0 Å². The first-order valence-electron chi connectivity index (χ1n) is 6.51. The predicted octanol–water partition coefficient (Wildman–Crippen LogP) is 4.20. The summed E-state index contributed by atoms with van der Waals surface area (Å²) in [5.41, 5.74) is 7.60.